The van der Waals surface area contributed by atoms with Crippen molar-refractivity contribution in [2.24, 2.45) is 11.8 Å². The zero-order valence-electron chi connectivity index (χ0n) is 8.53. The molecule has 0 amide bonds. The third-order valence-corrected chi connectivity index (χ3v) is 2.92. The van der Waals surface area contributed by atoms with Crippen LogP contribution in [0, 0.1) is 11.8 Å². The minimum Gasteiger partial charge on any atom is -0.508 e. The van der Waals surface area contributed by atoms with Crippen molar-refractivity contribution in [1.29, 1.82) is 0 Å². The van der Waals surface area contributed by atoms with Crippen LogP contribution in [-0.2, 0) is 6.54 Å². The molecule has 0 aromatic heterocycles. The van der Waals surface area contributed by atoms with Gasteiger partial charge in [-0.1, -0.05) is 19.1 Å². The van der Waals surface area contributed by atoms with Crippen molar-refractivity contribution in [3.63, 3.8) is 0 Å². The van der Waals surface area contributed by atoms with Gasteiger partial charge in [0.15, 0.2) is 0 Å². The van der Waals surface area contributed by atoms with Gasteiger partial charge < -0.3 is 10.4 Å². The Morgan fingerprint density at radius 2 is 2.29 bits per heavy atom. The van der Waals surface area contributed by atoms with Crippen LogP contribution in [0.5, 0.6) is 5.75 Å². The van der Waals surface area contributed by atoms with Crippen molar-refractivity contribution in [2.75, 3.05) is 6.54 Å². The molecule has 2 rings (SSSR count). The van der Waals surface area contributed by atoms with Crippen molar-refractivity contribution in [1.82, 2.24) is 5.32 Å². The molecule has 1 aromatic rings. The summed E-state index contributed by atoms with van der Waals surface area (Å²) in [4.78, 5) is 0. The lowest BCUT2D eigenvalue weighted by Crippen LogP contribution is -2.16. The van der Waals surface area contributed by atoms with Gasteiger partial charge in [-0.2, -0.15) is 0 Å². The molecule has 0 saturated heterocycles. The SMILES string of the molecule is CC1CC1CNCc1cccc(O)c1. The van der Waals surface area contributed by atoms with Crippen LogP contribution in [-0.4, -0.2) is 11.7 Å². The predicted octanol–water partition coefficient (Wildman–Crippen LogP) is 2.14. The maximum Gasteiger partial charge on any atom is 0.115 e. The number of hydrogen-bond donors (Lipinski definition) is 2. The lowest BCUT2D eigenvalue weighted by atomic mass is 10.2. The summed E-state index contributed by atoms with van der Waals surface area (Å²) in [7, 11) is 0. The number of hydrogen-bond acceptors (Lipinski definition) is 2. The maximum atomic E-state index is 9.25. The molecule has 1 aliphatic carbocycles. The van der Waals surface area contributed by atoms with Crippen LogP contribution in [0.3, 0.4) is 0 Å². The van der Waals surface area contributed by atoms with Crippen LogP contribution in [0.2, 0.25) is 0 Å². The van der Waals surface area contributed by atoms with E-state index in [-0.39, 0.29) is 0 Å². The normalized spacial score (nSPS) is 24.9. The van der Waals surface area contributed by atoms with E-state index in [0.29, 0.717) is 5.75 Å². The van der Waals surface area contributed by atoms with E-state index in [9.17, 15) is 5.11 Å². The third-order valence-electron chi connectivity index (χ3n) is 2.92. The highest BCUT2D eigenvalue weighted by Crippen LogP contribution is 2.36. The topological polar surface area (TPSA) is 32.3 Å². The Labute approximate surface area is 85.0 Å². The van der Waals surface area contributed by atoms with E-state index in [1.807, 2.05) is 18.2 Å². The monoisotopic (exact) mass is 191 g/mol. The zero-order valence-corrected chi connectivity index (χ0v) is 8.53. The van der Waals surface area contributed by atoms with E-state index in [1.165, 1.54) is 6.42 Å². The molecular formula is C12H17NO. The van der Waals surface area contributed by atoms with Gasteiger partial charge >= 0.3 is 0 Å². The molecule has 14 heavy (non-hydrogen) atoms. The molecule has 0 bridgehead atoms. The molecule has 0 heterocycles. The van der Waals surface area contributed by atoms with Crippen molar-refractivity contribution < 1.29 is 5.11 Å². The van der Waals surface area contributed by atoms with Crippen LogP contribution in [0.1, 0.15) is 18.9 Å². The van der Waals surface area contributed by atoms with E-state index in [4.69, 9.17) is 0 Å². The fraction of sp³-hybridized carbons (Fsp3) is 0.500. The number of phenols is 1. The molecule has 1 aliphatic rings. The van der Waals surface area contributed by atoms with Crippen LogP contribution >= 0.6 is 0 Å². The Bertz CT molecular complexity index is 311. The molecule has 0 aliphatic heterocycles. The number of nitrogens with one attached hydrogen (secondary N) is 1. The molecule has 2 N–H and O–H groups in total. The van der Waals surface area contributed by atoms with Crippen molar-refractivity contribution >= 4 is 0 Å². The van der Waals surface area contributed by atoms with E-state index < -0.39 is 0 Å². The van der Waals surface area contributed by atoms with Gasteiger partial charge in [0.1, 0.15) is 5.75 Å². The van der Waals surface area contributed by atoms with Gasteiger partial charge in [-0.15, -0.1) is 0 Å². The first-order chi connectivity index (χ1) is 6.75. The highest BCUT2D eigenvalue weighted by Gasteiger charge is 2.31. The zero-order chi connectivity index (χ0) is 9.97. The molecule has 1 aromatic carbocycles. The lowest BCUT2D eigenvalue weighted by molar-refractivity contribution is 0.474. The fourth-order valence-corrected chi connectivity index (χ4v) is 1.75. The van der Waals surface area contributed by atoms with Crippen molar-refractivity contribution in [3.05, 3.63) is 29.8 Å². The Balaban J connectivity index is 1.74. The Hall–Kier alpha value is -1.02. The fourth-order valence-electron chi connectivity index (χ4n) is 1.75. The first-order valence-electron chi connectivity index (χ1n) is 5.24. The first-order valence-corrected chi connectivity index (χ1v) is 5.24. The van der Waals surface area contributed by atoms with Crippen LogP contribution in [0.4, 0.5) is 0 Å². The van der Waals surface area contributed by atoms with Crippen LogP contribution < -0.4 is 5.32 Å². The number of aromatic hydroxyl groups is 1. The molecule has 2 nitrogen and oxygen atoms in total. The molecule has 0 radical (unpaired) electrons. The van der Waals surface area contributed by atoms with Gasteiger partial charge in [-0.3, -0.25) is 0 Å². The summed E-state index contributed by atoms with van der Waals surface area (Å²) in [6, 6.07) is 7.42. The van der Waals surface area contributed by atoms with Gasteiger partial charge in [0.25, 0.3) is 0 Å². The van der Waals surface area contributed by atoms with Gasteiger partial charge in [-0.25, -0.2) is 0 Å². The molecule has 0 spiro atoms. The largest absolute Gasteiger partial charge is 0.508 e. The summed E-state index contributed by atoms with van der Waals surface area (Å²) < 4.78 is 0. The maximum absolute atomic E-state index is 9.25. The van der Waals surface area contributed by atoms with Gasteiger partial charge in [0, 0.05) is 6.54 Å². The number of benzene rings is 1. The van der Waals surface area contributed by atoms with Gasteiger partial charge in [0.2, 0.25) is 0 Å². The van der Waals surface area contributed by atoms with Crippen molar-refractivity contribution in [3.8, 4) is 5.75 Å². The first kappa shape index (κ1) is 9.53. The van der Waals surface area contributed by atoms with E-state index in [0.717, 1.165) is 30.5 Å². The lowest BCUT2D eigenvalue weighted by Gasteiger charge is -2.04. The number of rotatable bonds is 4. The summed E-state index contributed by atoms with van der Waals surface area (Å²) in [6.45, 7) is 4.26. The average molecular weight is 191 g/mol. The van der Waals surface area contributed by atoms with Crippen LogP contribution in [0.15, 0.2) is 24.3 Å². The van der Waals surface area contributed by atoms with Crippen molar-refractivity contribution in [2.45, 2.75) is 19.9 Å². The second-order valence-electron chi connectivity index (χ2n) is 4.27. The summed E-state index contributed by atoms with van der Waals surface area (Å²) in [5.41, 5.74) is 1.15. The average Bonchev–Trinajstić information content (AvgIpc) is 2.82. The van der Waals surface area contributed by atoms with E-state index in [2.05, 4.69) is 12.2 Å². The molecule has 1 fully saturated rings. The molecule has 1 saturated carbocycles. The number of phenolic OH excluding ortho intramolecular Hbond substituents is 1. The molecule has 2 unspecified atom stereocenters. The summed E-state index contributed by atoms with van der Waals surface area (Å²) in [6.07, 6.45) is 1.37. The summed E-state index contributed by atoms with van der Waals surface area (Å²) in [5.74, 6) is 2.14. The molecule has 76 valence electrons. The van der Waals surface area contributed by atoms with Gasteiger partial charge in [-0.05, 0) is 42.5 Å². The van der Waals surface area contributed by atoms with E-state index >= 15 is 0 Å². The predicted molar refractivity (Wildman–Crippen MR) is 57.1 cm³/mol. The Kier molecular flexibility index (Phi) is 2.73. The molecule has 2 atom stereocenters. The molecule has 2 heteroatoms. The summed E-state index contributed by atoms with van der Waals surface area (Å²) >= 11 is 0. The third kappa shape index (κ3) is 2.48. The second kappa shape index (κ2) is 4.01. The minimum atomic E-state index is 0.351. The van der Waals surface area contributed by atoms with Crippen LogP contribution in [0.25, 0.3) is 0 Å². The standard InChI is InChI=1S/C12H17NO/c1-9-5-11(9)8-13-7-10-3-2-4-12(14)6-10/h2-4,6,9,11,13-14H,5,7-8H2,1H3. The second-order valence-corrected chi connectivity index (χ2v) is 4.27. The molecular weight excluding hydrogens is 174 g/mol. The highest BCUT2D eigenvalue weighted by atomic mass is 16.3. The summed E-state index contributed by atoms with van der Waals surface area (Å²) in [5, 5.41) is 12.7. The highest BCUT2D eigenvalue weighted by molar-refractivity contribution is 5.26. The smallest absolute Gasteiger partial charge is 0.115 e. The van der Waals surface area contributed by atoms with Gasteiger partial charge in [0.05, 0.1) is 0 Å². The van der Waals surface area contributed by atoms with E-state index in [1.54, 1.807) is 6.07 Å². The Morgan fingerprint density at radius 3 is 2.93 bits per heavy atom. The minimum absolute atomic E-state index is 0.351. The Morgan fingerprint density at radius 1 is 1.50 bits per heavy atom. The quantitative estimate of drug-likeness (QED) is 0.764.